The van der Waals surface area contributed by atoms with Crippen molar-refractivity contribution in [3.05, 3.63) is 11.7 Å². The predicted octanol–water partition coefficient (Wildman–Crippen LogP) is 0.283. The number of nitrogens with one attached hydrogen (secondary N) is 1. The third-order valence-corrected chi connectivity index (χ3v) is 1.97. The van der Waals surface area contributed by atoms with Crippen LogP contribution in [0.15, 0.2) is 4.52 Å². The lowest BCUT2D eigenvalue weighted by molar-refractivity contribution is 0.308. The second-order valence-electron chi connectivity index (χ2n) is 3.30. The van der Waals surface area contributed by atoms with Gasteiger partial charge in [-0.2, -0.15) is 4.98 Å². The number of aromatic nitrogens is 2. The van der Waals surface area contributed by atoms with Gasteiger partial charge in [0.05, 0.1) is 6.54 Å². The van der Waals surface area contributed by atoms with Crippen molar-refractivity contribution in [2.45, 2.75) is 19.9 Å². The van der Waals surface area contributed by atoms with Gasteiger partial charge in [0.1, 0.15) is 0 Å². The molecule has 0 saturated carbocycles. The van der Waals surface area contributed by atoms with Gasteiger partial charge in [-0.25, -0.2) is 0 Å². The summed E-state index contributed by atoms with van der Waals surface area (Å²) in [4.78, 5) is 6.39. The van der Waals surface area contributed by atoms with Crippen LogP contribution in [-0.4, -0.2) is 42.2 Å². The van der Waals surface area contributed by atoms with Crippen LogP contribution in [0.5, 0.6) is 0 Å². The monoisotopic (exact) mass is 198 g/mol. The standard InChI is InChI=1S/C9H18N4O/c1-4-9-11-8(12-14-9)7-13(3)6-5-10-2/h10H,4-7H2,1-3H3. The van der Waals surface area contributed by atoms with E-state index in [-0.39, 0.29) is 0 Å². The Morgan fingerprint density at radius 3 is 2.86 bits per heavy atom. The molecule has 0 aliphatic carbocycles. The van der Waals surface area contributed by atoms with Crippen molar-refractivity contribution in [1.82, 2.24) is 20.4 Å². The smallest absolute Gasteiger partial charge is 0.226 e. The van der Waals surface area contributed by atoms with Gasteiger partial charge in [0, 0.05) is 19.5 Å². The van der Waals surface area contributed by atoms with Gasteiger partial charge < -0.3 is 9.84 Å². The molecule has 0 unspecified atom stereocenters. The van der Waals surface area contributed by atoms with E-state index < -0.39 is 0 Å². The van der Waals surface area contributed by atoms with Crippen LogP contribution in [0.1, 0.15) is 18.6 Å². The molecule has 1 rings (SSSR count). The molecular weight excluding hydrogens is 180 g/mol. The molecule has 0 saturated heterocycles. The van der Waals surface area contributed by atoms with Crippen LogP contribution < -0.4 is 5.32 Å². The lowest BCUT2D eigenvalue weighted by Gasteiger charge is -2.13. The Hall–Kier alpha value is -0.940. The number of nitrogens with zero attached hydrogens (tertiary/aromatic N) is 3. The van der Waals surface area contributed by atoms with E-state index in [4.69, 9.17) is 4.52 Å². The molecule has 14 heavy (non-hydrogen) atoms. The van der Waals surface area contributed by atoms with Gasteiger partial charge in [0.25, 0.3) is 0 Å². The summed E-state index contributed by atoms with van der Waals surface area (Å²) in [6.45, 7) is 4.69. The average molecular weight is 198 g/mol. The van der Waals surface area contributed by atoms with Crippen LogP contribution in [0.3, 0.4) is 0 Å². The van der Waals surface area contributed by atoms with Crippen molar-refractivity contribution in [2.24, 2.45) is 0 Å². The fourth-order valence-electron chi connectivity index (χ4n) is 1.12. The zero-order valence-electron chi connectivity index (χ0n) is 9.08. The molecule has 5 heteroatoms. The normalized spacial score (nSPS) is 11.1. The van der Waals surface area contributed by atoms with Crippen molar-refractivity contribution in [2.75, 3.05) is 27.2 Å². The first-order chi connectivity index (χ1) is 6.76. The minimum absolute atomic E-state index is 0.710. The topological polar surface area (TPSA) is 54.2 Å². The highest BCUT2D eigenvalue weighted by Crippen LogP contribution is 2.00. The molecule has 0 radical (unpaired) electrons. The van der Waals surface area contributed by atoms with Crippen LogP contribution in [0.2, 0.25) is 0 Å². The van der Waals surface area contributed by atoms with Crippen molar-refractivity contribution < 1.29 is 4.52 Å². The average Bonchev–Trinajstić information content (AvgIpc) is 2.62. The molecule has 1 heterocycles. The molecule has 0 aliphatic rings. The van der Waals surface area contributed by atoms with Gasteiger partial charge in [0.15, 0.2) is 5.82 Å². The number of rotatable bonds is 6. The van der Waals surface area contributed by atoms with Gasteiger partial charge in [-0.05, 0) is 14.1 Å². The molecule has 0 aromatic carbocycles. The summed E-state index contributed by atoms with van der Waals surface area (Å²) in [5.74, 6) is 1.47. The van der Waals surface area contributed by atoms with Crippen molar-refractivity contribution in [3.63, 3.8) is 0 Å². The Labute approximate surface area is 84.5 Å². The Kier molecular flexibility index (Phi) is 4.55. The van der Waals surface area contributed by atoms with E-state index in [0.717, 1.165) is 31.9 Å². The van der Waals surface area contributed by atoms with E-state index >= 15 is 0 Å². The molecule has 0 amide bonds. The Balaban J connectivity index is 2.35. The zero-order valence-corrected chi connectivity index (χ0v) is 9.08. The SMILES string of the molecule is CCc1nc(CN(C)CCNC)no1. The second kappa shape index (κ2) is 5.72. The van der Waals surface area contributed by atoms with Crippen LogP contribution in [0.4, 0.5) is 0 Å². The van der Waals surface area contributed by atoms with Crippen molar-refractivity contribution in [3.8, 4) is 0 Å². The quantitative estimate of drug-likeness (QED) is 0.711. The summed E-state index contributed by atoms with van der Waals surface area (Å²) in [5, 5.41) is 6.98. The maximum atomic E-state index is 5.02. The molecule has 1 aromatic rings. The van der Waals surface area contributed by atoms with Gasteiger partial charge >= 0.3 is 0 Å². The number of hydrogen-bond donors (Lipinski definition) is 1. The predicted molar refractivity (Wildman–Crippen MR) is 53.9 cm³/mol. The van der Waals surface area contributed by atoms with E-state index in [1.165, 1.54) is 0 Å². The van der Waals surface area contributed by atoms with E-state index in [1.807, 2.05) is 21.0 Å². The fraction of sp³-hybridized carbons (Fsp3) is 0.778. The van der Waals surface area contributed by atoms with Crippen LogP contribution in [0, 0.1) is 0 Å². The number of aryl methyl sites for hydroxylation is 1. The summed E-state index contributed by atoms with van der Waals surface area (Å²) in [7, 11) is 3.98. The molecule has 0 atom stereocenters. The summed E-state index contributed by atoms with van der Waals surface area (Å²) < 4.78 is 5.02. The summed E-state index contributed by atoms with van der Waals surface area (Å²) in [6, 6.07) is 0. The summed E-state index contributed by atoms with van der Waals surface area (Å²) in [6.07, 6.45) is 0.799. The van der Waals surface area contributed by atoms with Gasteiger partial charge in [0.2, 0.25) is 5.89 Å². The number of hydrogen-bond acceptors (Lipinski definition) is 5. The lowest BCUT2D eigenvalue weighted by Crippen LogP contribution is -2.27. The van der Waals surface area contributed by atoms with E-state index in [1.54, 1.807) is 0 Å². The summed E-state index contributed by atoms with van der Waals surface area (Å²) in [5.41, 5.74) is 0. The Morgan fingerprint density at radius 1 is 1.50 bits per heavy atom. The highest BCUT2D eigenvalue weighted by atomic mass is 16.5. The first kappa shape index (κ1) is 11.1. The zero-order chi connectivity index (χ0) is 10.4. The largest absolute Gasteiger partial charge is 0.339 e. The highest BCUT2D eigenvalue weighted by molar-refractivity contribution is 4.85. The molecule has 0 spiro atoms. The molecule has 5 nitrogen and oxygen atoms in total. The van der Waals surface area contributed by atoms with E-state index in [0.29, 0.717) is 5.89 Å². The first-order valence-electron chi connectivity index (χ1n) is 4.90. The third kappa shape index (κ3) is 3.43. The van der Waals surface area contributed by atoms with Crippen LogP contribution >= 0.6 is 0 Å². The minimum Gasteiger partial charge on any atom is -0.339 e. The van der Waals surface area contributed by atoms with Gasteiger partial charge in [-0.15, -0.1) is 0 Å². The molecule has 0 bridgehead atoms. The number of likely N-dealkylation sites (N-methyl/N-ethyl adjacent to an activating group) is 2. The first-order valence-corrected chi connectivity index (χ1v) is 4.90. The lowest BCUT2D eigenvalue weighted by atomic mass is 10.4. The molecule has 0 aliphatic heterocycles. The highest BCUT2D eigenvalue weighted by Gasteiger charge is 2.06. The Morgan fingerprint density at radius 2 is 2.29 bits per heavy atom. The van der Waals surface area contributed by atoms with Crippen LogP contribution in [0.25, 0.3) is 0 Å². The van der Waals surface area contributed by atoms with Gasteiger partial charge in [-0.1, -0.05) is 12.1 Å². The minimum atomic E-state index is 0.710. The molecule has 80 valence electrons. The van der Waals surface area contributed by atoms with E-state index in [9.17, 15) is 0 Å². The molecular formula is C9H18N4O. The molecule has 1 N–H and O–H groups in total. The second-order valence-corrected chi connectivity index (χ2v) is 3.30. The van der Waals surface area contributed by atoms with Crippen molar-refractivity contribution in [1.29, 1.82) is 0 Å². The Bertz CT molecular complexity index is 261. The maximum Gasteiger partial charge on any atom is 0.226 e. The van der Waals surface area contributed by atoms with Crippen LogP contribution in [-0.2, 0) is 13.0 Å². The molecule has 1 aromatic heterocycles. The van der Waals surface area contributed by atoms with E-state index in [2.05, 4.69) is 20.4 Å². The molecule has 0 fully saturated rings. The van der Waals surface area contributed by atoms with Crippen molar-refractivity contribution >= 4 is 0 Å². The fourth-order valence-corrected chi connectivity index (χ4v) is 1.12. The summed E-state index contributed by atoms with van der Waals surface area (Å²) >= 11 is 0. The third-order valence-electron chi connectivity index (χ3n) is 1.97. The van der Waals surface area contributed by atoms with Gasteiger partial charge in [-0.3, -0.25) is 4.90 Å². The maximum absolute atomic E-state index is 5.02.